The summed E-state index contributed by atoms with van der Waals surface area (Å²) < 4.78 is 33.2. The smallest absolute Gasteiger partial charge is 0.258 e. The van der Waals surface area contributed by atoms with Crippen LogP contribution in [0.4, 0.5) is 5.69 Å². The highest BCUT2D eigenvalue weighted by molar-refractivity contribution is 7.90. The lowest BCUT2D eigenvalue weighted by Crippen LogP contribution is -2.34. The molecule has 0 bridgehead atoms. The van der Waals surface area contributed by atoms with Crippen LogP contribution in [-0.4, -0.2) is 54.7 Å². The first kappa shape index (κ1) is 25.9. The van der Waals surface area contributed by atoms with E-state index < -0.39 is 9.84 Å². The van der Waals surface area contributed by atoms with Crippen molar-refractivity contribution < 1.29 is 14.6 Å². The number of aromatic nitrogens is 1. The van der Waals surface area contributed by atoms with E-state index in [1.807, 2.05) is 30.9 Å². The van der Waals surface area contributed by atoms with Crippen LogP contribution in [0.15, 0.2) is 64.0 Å². The van der Waals surface area contributed by atoms with E-state index in [0.717, 1.165) is 30.2 Å². The molecule has 1 aliphatic rings. The summed E-state index contributed by atoms with van der Waals surface area (Å²) >= 11 is 0. The van der Waals surface area contributed by atoms with Crippen molar-refractivity contribution in [3.8, 4) is 11.1 Å². The van der Waals surface area contributed by atoms with Crippen LogP contribution in [-0.2, 0) is 21.2 Å². The number of aliphatic imine (C=N–C) groups is 1. The van der Waals surface area contributed by atoms with Crippen molar-refractivity contribution in [1.29, 1.82) is 0 Å². The van der Waals surface area contributed by atoms with Gasteiger partial charge in [-0.05, 0) is 59.7 Å². The summed E-state index contributed by atoms with van der Waals surface area (Å²) in [4.78, 5) is 32.6. The van der Waals surface area contributed by atoms with Crippen molar-refractivity contribution in [2.24, 2.45) is 10.7 Å². The Bertz CT molecular complexity index is 1650. The van der Waals surface area contributed by atoms with Crippen LogP contribution in [0.3, 0.4) is 0 Å². The summed E-state index contributed by atoms with van der Waals surface area (Å²) in [5, 5.41) is 1.19. The molecule has 2 N–H and O–H groups in total. The Morgan fingerprint density at radius 3 is 2.53 bits per heavy atom. The van der Waals surface area contributed by atoms with Gasteiger partial charge in [-0.25, -0.2) is 13.4 Å². The van der Waals surface area contributed by atoms with Gasteiger partial charge in [0.1, 0.15) is 15.7 Å². The number of nitrogens with two attached hydrogens (primary N) is 1. The molecular formula is C29H34N4O4S. The van der Waals surface area contributed by atoms with Crippen LogP contribution in [0, 0.1) is 0 Å². The van der Waals surface area contributed by atoms with Crippen molar-refractivity contribution in [3.63, 3.8) is 0 Å². The largest absolute Gasteiger partial charge is 0.387 e. The van der Waals surface area contributed by atoms with E-state index in [4.69, 9.17) is 7.10 Å². The summed E-state index contributed by atoms with van der Waals surface area (Å²) in [6.45, 7) is 5.48. The minimum Gasteiger partial charge on any atom is -0.387 e. The van der Waals surface area contributed by atoms with Gasteiger partial charge in [-0.15, -0.1) is 0 Å². The zero-order valence-corrected chi connectivity index (χ0v) is 22.8. The van der Waals surface area contributed by atoms with Gasteiger partial charge < -0.3 is 15.2 Å². The molecular weight excluding hydrogens is 500 g/mol. The molecule has 0 saturated heterocycles. The predicted octanol–water partition coefficient (Wildman–Crippen LogP) is 4.14. The maximum absolute atomic E-state index is 13.3. The van der Waals surface area contributed by atoms with E-state index in [1.54, 1.807) is 36.5 Å². The lowest BCUT2D eigenvalue weighted by atomic mass is 9.99. The molecule has 0 atom stereocenters. The molecule has 0 unspecified atom stereocenters. The van der Waals surface area contributed by atoms with Crippen LogP contribution in [0.1, 0.15) is 40.0 Å². The fraction of sp³-hybridized carbons (Fsp3) is 0.345. The maximum atomic E-state index is 13.3. The van der Waals surface area contributed by atoms with Crippen LogP contribution in [0.25, 0.3) is 28.0 Å². The van der Waals surface area contributed by atoms with Gasteiger partial charge in [0.05, 0.1) is 12.8 Å². The normalized spacial score (nSPS) is 13.8. The van der Waals surface area contributed by atoms with Crippen LogP contribution in [0.2, 0.25) is 0 Å². The number of hydrogen-bond acceptors (Lipinski definition) is 6. The molecule has 0 radical (unpaired) electrons. The number of fused-ring (bicyclic) bond motifs is 2. The third-order valence-electron chi connectivity index (χ3n) is 6.47. The molecule has 0 fully saturated rings. The van der Waals surface area contributed by atoms with Crippen LogP contribution in [0.5, 0.6) is 0 Å². The van der Waals surface area contributed by atoms with Gasteiger partial charge in [0.2, 0.25) is 5.91 Å². The number of sulfone groups is 1. The summed E-state index contributed by atoms with van der Waals surface area (Å²) in [6, 6.07) is 10.9. The zero-order chi connectivity index (χ0) is 28.3. The van der Waals surface area contributed by atoms with Crippen molar-refractivity contribution in [2.75, 3.05) is 25.1 Å². The lowest BCUT2D eigenvalue weighted by Gasteiger charge is -2.22. The SMILES string of the molecule is [2H]c1cc(-c2ccc3c(=O)n(CCS(C)(=O)=O)ccc3c2)cc2c1C=C(C(=O)N(CCC)CCC)CC(N)=N2. The molecule has 0 saturated carbocycles. The fourth-order valence-electron chi connectivity index (χ4n) is 4.59. The number of nitrogens with zero attached hydrogens (tertiary/aromatic N) is 3. The lowest BCUT2D eigenvalue weighted by molar-refractivity contribution is -0.127. The minimum absolute atomic E-state index is 0.0788. The second-order valence-corrected chi connectivity index (χ2v) is 11.9. The van der Waals surface area contributed by atoms with Crippen molar-refractivity contribution in [1.82, 2.24) is 9.47 Å². The number of amides is 1. The molecule has 9 heteroatoms. The van der Waals surface area contributed by atoms with Gasteiger partial charge >= 0.3 is 0 Å². The van der Waals surface area contributed by atoms with E-state index >= 15 is 0 Å². The number of aryl methyl sites for hydroxylation is 1. The molecule has 1 amide bonds. The van der Waals surface area contributed by atoms with Gasteiger partial charge in [-0.1, -0.05) is 32.0 Å². The Kier molecular flexibility index (Phi) is 7.74. The van der Waals surface area contributed by atoms with Gasteiger partial charge in [0, 0.05) is 55.0 Å². The van der Waals surface area contributed by atoms with E-state index in [0.29, 0.717) is 46.5 Å². The Morgan fingerprint density at radius 1 is 1.13 bits per heavy atom. The third-order valence-corrected chi connectivity index (χ3v) is 7.39. The molecule has 3 aromatic rings. The average molecular weight is 536 g/mol. The second kappa shape index (κ2) is 11.3. The molecule has 1 aromatic heterocycles. The summed E-state index contributed by atoms with van der Waals surface area (Å²) in [7, 11) is -3.19. The summed E-state index contributed by atoms with van der Waals surface area (Å²) in [5.41, 5.74) is 9.09. The fourth-order valence-corrected chi connectivity index (χ4v) is 5.12. The van der Waals surface area contributed by atoms with Gasteiger partial charge in [-0.3, -0.25) is 9.59 Å². The number of amidine groups is 1. The number of hydrogen-bond donors (Lipinski definition) is 1. The summed E-state index contributed by atoms with van der Waals surface area (Å²) in [6.07, 6.45) is 6.41. The van der Waals surface area contributed by atoms with Crippen LogP contribution < -0.4 is 11.3 Å². The van der Waals surface area contributed by atoms with E-state index in [9.17, 15) is 18.0 Å². The molecule has 1 aliphatic heterocycles. The Hall–Kier alpha value is -3.72. The quantitative estimate of drug-likeness (QED) is 0.442. The number of pyridine rings is 1. The maximum Gasteiger partial charge on any atom is 0.258 e. The molecule has 0 spiro atoms. The number of carbonyl (C=O) groups excluding carboxylic acids is 1. The molecule has 200 valence electrons. The average Bonchev–Trinajstić information content (AvgIpc) is 3.05. The van der Waals surface area contributed by atoms with E-state index in [2.05, 4.69) is 4.99 Å². The van der Waals surface area contributed by atoms with E-state index in [-0.39, 0.29) is 36.2 Å². The Labute approximate surface area is 224 Å². The van der Waals surface area contributed by atoms with Crippen molar-refractivity contribution in [2.45, 2.75) is 39.7 Å². The zero-order valence-electron chi connectivity index (χ0n) is 23.0. The van der Waals surface area contributed by atoms with Crippen molar-refractivity contribution >= 4 is 44.1 Å². The molecule has 0 aliphatic carbocycles. The highest BCUT2D eigenvalue weighted by Crippen LogP contribution is 2.33. The molecule has 4 rings (SSSR count). The molecule has 2 aromatic carbocycles. The molecule has 2 heterocycles. The second-order valence-electron chi connectivity index (χ2n) is 9.68. The number of benzene rings is 2. The highest BCUT2D eigenvalue weighted by atomic mass is 32.2. The monoisotopic (exact) mass is 535 g/mol. The Morgan fingerprint density at radius 2 is 1.84 bits per heavy atom. The first-order valence-corrected chi connectivity index (χ1v) is 14.9. The van der Waals surface area contributed by atoms with Gasteiger partial charge in [0.25, 0.3) is 5.56 Å². The number of carbonyl (C=O) groups is 1. The first-order chi connectivity index (χ1) is 18.5. The van der Waals surface area contributed by atoms with Crippen LogP contribution >= 0.6 is 0 Å². The number of rotatable bonds is 9. The van der Waals surface area contributed by atoms with Gasteiger partial charge in [-0.2, -0.15) is 0 Å². The molecule has 8 nitrogen and oxygen atoms in total. The van der Waals surface area contributed by atoms with E-state index in [1.165, 1.54) is 4.57 Å². The highest BCUT2D eigenvalue weighted by Gasteiger charge is 2.21. The van der Waals surface area contributed by atoms with Gasteiger partial charge in [0.15, 0.2) is 0 Å². The standard InChI is InChI=1S/C29H34N4O4S/c1-4-11-32(12-5-2)28(34)24-17-23-7-6-21(18-26(23)31-27(30)19-24)20-8-9-25-22(16-20)10-13-33(29(25)35)14-15-38(3,36)37/h6-10,13,16-18H,4-5,11-12,14-15,19H2,1-3H3,(H2,30,31)/i7D. The minimum atomic E-state index is -3.19. The molecule has 38 heavy (non-hydrogen) atoms. The summed E-state index contributed by atoms with van der Waals surface area (Å²) in [5.74, 6) is 0.120. The topological polar surface area (TPSA) is 115 Å². The predicted molar refractivity (Wildman–Crippen MR) is 154 cm³/mol. The Balaban J connectivity index is 1.71. The third kappa shape index (κ3) is 6.22. The first-order valence-electron chi connectivity index (χ1n) is 13.3. The van der Waals surface area contributed by atoms with Crippen molar-refractivity contribution in [3.05, 3.63) is 70.1 Å².